The van der Waals surface area contributed by atoms with Gasteiger partial charge in [-0.3, -0.25) is 14.6 Å². The molecule has 0 aliphatic carbocycles. The third kappa shape index (κ3) is 8.52. The molecule has 2 saturated heterocycles. The molecule has 5 heterocycles. The summed E-state index contributed by atoms with van der Waals surface area (Å²) in [7, 11) is 1.56. The van der Waals surface area contributed by atoms with Gasteiger partial charge in [0.05, 0.1) is 43.8 Å². The lowest BCUT2D eigenvalue weighted by atomic mass is 9.96. The van der Waals surface area contributed by atoms with Crippen LogP contribution in [0.25, 0.3) is 33.5 Å². The molecule has 2 aliphatic rings. The van der Waals surface area contributed by atoms with E-state index in [0.29, 0.717) is 91.6 Å². The highest BCUT2D eigenvalue weighted by molar-refractivity contribution is 5.98. The Morgan fingerprint density at radius 3 is 2.50 bits per heavy atom. The molecule has 5 aromatic rings. The second kappa shape index (κ2) is 16.7. The van der Waals surface area contributed by atoms with Crippen LogP contribution in [0.3, 0.4) is 0 Å². The number of hydrogen-bond acceptors (Lipinski definition) is 10. The quantitative estimate of drug-likeness (QED) is 0.145. The van der Waals surface area contributed by atoms with Crippen molar-refractivity contribution in [2.45, 2.75) is 38.8 Å². The van der Waals surface area contributed by atoms with Gasteiger partial charge in [-0.2, -0.15) is 0 Å². The topological polar surface area (TPSA) is 137 Å². The number of halogens is 1. The molecule has 2 aromatic carbocycles. The van der Waals surface area contributed by atoms with Crippen molar-refractivity contribution in [1.82, 2.24) is 14.5 Å². The number of ketones is 1. The first-order valence-corrected chi connectivity index (χ1v) is 18.1. The highest BCUT2D eigenvalue weighted by Gasteiger charge is 2.22. The van der Waals surface area contributed by atoms with Crippen molar-refractivity contribution in [3.8, 4) is 45.0 Å². The summed E-state index contributed by atoms with van der Waals surface area (Å²) in [4.78, 5) is 36.4. The van der Waals surface area contributed by atoms with E-state index in [-0.39, 0.29) is 29.5 Å². The lowest BCUT2D eigenvalue weighted by molar-refractivity contribution is -0.101. The SMILES string of the molecule is COc1cc(-c2cnc(N)c(-c3ccc(CC(=O)c4cn(CC5CCOCC5)cc(-c5ccc(C)cn5)c4=O)cc3F)c2)ccc1OC[C@@H]1COCCO1. The number of nitrogens with zero attached hydrogens (tertiary/aromatic N) is 3. The van der Waals surface area contributed by atoms with Crippen LogP contribution in [-0.2, 0) is 27.2 Å². The van der Waals surface area contributed by atoms with Crippen LogP contribution in [0.15, 0.2) is 84.2 Å². The molecular weight excluding hydrogens is 691 g/mol. The zero-order valence-corrected chi connectivity index (χ0v) is 30.4. The molecule has 0 amide bonds. The largest absolute Gasteiger partial charge is 0.493 e. The predicted octanol–water partition coefficient (Wildman–Crippen LogP) is 6.32. The number of carbonyl (C=O) groups is 1. The van der Waals surface area contributed by atoms with Crippen LogP contribution < -0.4 is 20.6 Å². The Morgan fingerprint density at radius 2 is 1.76 bits per heavy atom. The molecule has 0 unspecified atom stereocenters. The highest BCUT2D eigenvalue weighted by Crippen LogP contribution is 2.36. The number of benzene rings is 2. The molecule has 280 valence electrons. The van der Waals surface area contributed by atoms with Crippen molar-refractivity contribution in [2.75, 3.05) is 52.5 Å². The van der Waals surface area contributed by atoms with E-state index in [1.165, 1.54) is 6.07 Å². The number of methoxy groups -OCH3 is 1. The van der Waals surface area contributed by atoms with Crippen LogP contribution in [-0.4, -0.2) is 73.2 Å². The number of nitrogen functional groups attached to an aromatic ring is 1. The van der Waals surface area contributed by atoms with Crippen LogP contribution in [0, 0.1) is 18.7 Å². The Hall–Kier alpha value is -5.43. The van der Waals surface area contributed by atoms with Crippen molar-refractivity contribution in [3.63, 3.8) is 0 Å². The fraction of sp³-hybridized carbons (Fsp3) is 0.333. The van der Waals surface area contributed by atoms with Gasteiger partial charge in [-0.25, -0.2) is 9.37 Å². The first-order chi connectivity index (χ1) is 26.2. The second-order valence-corrected chi connectivity index (χ2v) is 13.7. The molecule has 2 N–H and O–H groups in total. The van der Waals surface area contributed by atoms with Crippen LogP contribution in [0.5, 0.6) is 11.5 Å². The second-order valence-electron chi connectivity index (χ2n) is 13.7. The summed E-state index contributed by atoms with van der Waals surface area (Å²) >= 11 is 0. The summed E-state index contributed by atoms with van der Waals surface area (Å²) in [5, 5.41) is 0. The van der Waals surface area contributed by atoms with Crippen molar-refractivity contribution in [2.24, 2.45) is 5.92 Å². The zero-order chi connectivity index (χ0) is 37.6. The number of pyridine rings is 3. The van der Waals surface area contributed by atoms with Crippen molar-refractivity contribution in [3.05, 3.63) is 112 Å². The molecule has 12 heteroatoms. The van der Waals surface area contributed by atoms with E-state index in [1.54, 1.807) is 62.2 Å². The molecule has 2 aliphatic heterocycles. The Morgan fingerprint density at radius 1 is 0.907 bits per heavy atom. The lowest BCUT2D eigenvalue weighted by Gasteiger charge is -2.23. The van der Waals surface area contributed by atoms with E-state index < -0.39 is 17.0 Å². The lowest BCUT2D eigenvalue weighted by Crippen LogP contribution is -2.33. The van der Waals surface area contributed by atoms with Gasteiger partial charge in [-0.1, -0.05) is 24.3 Å². The van der Waals surface area contributed by atoms with E-state index >= 15 is 4.39 Å². The van der Waals surface area contributed by atoms with Gasteiger partial charge >= 0.3 is 0 Å². The van der Waals surface area contributed by atoms with Crippen LogP contribution in [0.1, 0.15) is 34.3 Å². The maximum atomic E-state index is 15.9. The minimum atomic E-state index is -0.573. The Labute approximate surface area is 312 Å². The van der Waals surface area contributed by atoms with Gasteiger partial charge in [-0.15, -0.1) is 0 Å². The number of nitrogens with two attached hydrogens (primary N) is 1. The Kier molecular flexibility index (Phi) is 11.4. The molecule has 0 bridgehead atoms. The average Bonchev–Trinajstić information content (AvgIpc) is 3.19. The fourth-order valence-corrected chi connectivity index (χ4v) is 6.77. The average molecular weight is 735 g/mol. The van der Waals surface area contributed by atoms with Crippen molar-refractivity contribution in [1.29, 1.82) is 0 Å². The molecule has 7 rings (SSSR count). The summed E-state index contributed by atoms with van der Waals surface area (Å²) in [6, 6.07) is 15.5. The molecule has 2 fully saturated rings. The van der Waals surface area contributed by atoms with Crippen molar-refractivity contribution < 1.29 is 32.9 Å². The van der Waals surface area contributed by atoms with E-state index in [4.69, 9.17) is 29.4 Å². The van der Waals surface area contributed by atoms with Crippen LogP contribution in [0.4, 0.5) is 10.2 Å². The standard InChI is InChI=1S/C42H43FN4O7/c1-26-3-7-37(45-19-26)34-22-47(21-27-9-11-51-12-10-27)23-35(41(34)49)38(48)16-28-4-6-32(36(43)15-28)33-17-30(20-46-42(33)44)29-5-8-39(40(18-29)50-2)54-25-31-24-52-13-14-53-31/h3-8,15,17-20,22-23,27,31H,9-14,16,21,24-25H2,1-2H3,(H2,44,46)/t31-/m0/s1. The number of aryl methyl sites for hydroxylation is 1. The third-order valence-electron chi connectivity index (χ3n) is 9.79. The van der Waals surface area contributed by atoms with E-state index in [1.807, 2.05) is 29.7 Å². The van der Waals surface area contributed by atoms with Gasteiger partial charge in [0.15, 0.2) is 17.3 Å². The Balaban J connectivity index is 1.12. The molecular formula is C42H43FN4O7. The molecule has 0 spiro atoms. The molecule has 3 aromatic heterocycles. The summed E-state index contributed by atoms with van der Waals surface area (Å²) in [6.07, 6.45) is 8.15. The number of aromatic nitrogens is 3. The van der Waals surface area contributed by atoms with E-state index in [9.17, 15) is 9.59 Å². The smallest absolute Gasteiger partial charge is 0.201 e. The van der Waals surface area contributed by atoms with Gasteiger partial charge < -0.3 is 34.0 Å². The van der Waals surface area contributed by atoms with Crippen molar-refractivity contribution >= 4 is 11.6 Å². The molecule has 11 nitrogen and oxygen atoms in total. The van der Waals surface area contributed by atoms with Gasteiger partial charge in [0.25, 0.3) is 0 Å². The van der Waals surface area contributed by atoms with Gasteiger partial charge in [0.1, 0.15) is 24.3 Å². The van der Waals surface area contributed by atoms with Gasteiger partial charge in [-0.05, 0) is 72.7 Å². The number of ether oxygens (including phenoxy) is 5. The minimum Gasteiger partial charge on any atom is -0.493 e. The summed E-state index contributed by atoms with van der Waals surface area (Å²) in [5.74, 6) is 0.574. The van der Waals surface area contributed by atoms with Gasteiger partial charge in [0.2, 0.25) is 5.43 Å². The molecule has 54 heavy (non-hydrogen) atoms. The number of hydrogen-bond donors (Lipinski definition) is 1. The number of rotatable bonds is 12. The molecule has 0 radical (unpaired) electrons. The number of carbonyl (C=O) groups excluding carboxylic acids is 1. The highest BCUT2D eigenvalue weighted by atomic mass is 19.1. The van der Waals surface area contributed by atoms with E-state index in [2.05, 4.69) is 9.97 Å². The van der Waals surface area contributed by atoms with Crippen LogP contribution in [0.2, 0.25) is 0 Å². The maximum Gasteiger partial charge on any atom is 0.201 e. The monoisotopic (exact) mass is 734 g/mol. The zero-order valence-electron chi connectivity index (χ0n) is 30.4. The molecule has 0 saturated carbocycles. The van der Waals surface area contributed by atoms with E-state index in [0.717, 1.165) is 24.0 Å². The summed E-state index contributed by atoms with van der Waals surface area (Å²) in [5.41, 5.74) is 10.2. The minimum absolute atomic E-state index is 0.0377. The Bertz CT molecular complexity index is 2180. The third-order valence-corrected chi connectivity index (χ3v) is 9.79. The van der Waals surface area contributed by atoms with Crippen LogP contribution >= 0.6 is 0 Å². The maximum absolute atomic E-state index is 15.9. The predicted molar refractivity (Wildman–Crippen MR) is 202 cm³/mol. The first kappa shape index (κ1) is 36.9. The number of Topliss-reactive ketones (excluding diaryl/α,β-unsaturated/α-hetero) is 1. The fourth-order valence-electron chi connectivity index (χ4n) is 6.77. The van der Waals surface area contributed by atoms with Gasteiger partial charge in [0, 0.05) is 67.7 Å². The molecule has 1 atom stereocenters. The normalized spacial score (nSPS) is 16.2. The summed E-state index contributed by atoms with van der Waals surface area (Å²) < 4.78 is 46.0. The number of anilines is 1. The first-order valence-electron chi connectivity index (χ1n) is 18.1. The summed E-state index contributed by atoms with van der Waals surface area (Å²) in [6.45, 7) is 5.80.